The van der Waals surface area contributed by atoms with Crippen LogP contribution in [0.15, 0.2) is 29.4 Å². The van der Waals surface area contributed by atoms with Gasteiger partial charge in [0.15, 0.2) is 5.82 Å². The van der Waals surface area contributed by atoms with Gasteiger partial charge in [0.2, 0.25) is 17.0 Å². The van der Waals surface area contributed by atoms with E-state index < -0.39 is 0 Å². The summed E-state index contributed by atoms with van der Waals surface area (Å²) in [6.45, 7) is 3.59. The topological polar surface area (TPSA) is 106 Å². The molecule has 0 bridgehead atoms. The summed E-state index contributed by atoms with van der Waals surface area (Å²) in [5, 5.41) is 11.2. The van der Waals surface area contributed by atoms with Gasteiger partial charge in [-0.2, -0.15) is 0 Å². The summed E-state index contributed by atoms with van der Waals surface area (Å²) in [6, 6.07) is 7.80. The van der Waals surface area contributed by atoms with Crippen LogP contribution in [0.2, 0.25) is 0 Å². The van der Waals surface area contributed by atoms with Crippen LogP contribution in [0.1, 0.15) is 18.4 Å². The number of amides is 2. The number of likely N-dealkylation sites (tertiary alicyclic amines) is 1. The molecule has 0 unspecified atom stereocenters. The second-order valence-corrected chi connectivity index (χ2v) is 7.14. The number of carbonyl (C=O) groups is 2. The normalized spacial score (nSPS) is 13.8. The van der Waals surface area contributed by atoms with Crippen LogP contribution < -0.4 is 11.2 Å². The highest BCUT2D eigenvalue weighted by atomic mass is 32.2. The predicted octanol–water partition coefficient (Wildman–Crippen LogP) is 0.798. The predicted molar refractivity (Wildman–Crippen MR) is 99.9 cm³/mol. The number of thioether (sulfide) groups is 1. The molecule has 0 aliphatic carbocycles. The van der Waals surface area contributed by atoms with Crippen molar-refractivity contribution in [3.05, 3.63) is 29.8 Å². The van der Waals surface area contributed by atoms with Gasteiger partial charge < -0.3 is 16.1 Å². The molecule has 1 aliphatic heterocycles. The molecule has 2 amide bonds. The standard InChI is InChI=1S/C17H22N6O2S/c1-12-4-6-13(7-5-12)16-20-21-17(23(16)18)26-11-14(24)19-10-15(25)22-8-2-3-9-22/h4-7H,2-3,8-11,18H2,1H3,(H,19,24). The van der Waals surface area contributed by atoms with Crippen molar-refractivity contribution in [1.82, 2.24) is 25.1 Å². The molecular formula is C17H22N6O2S. The quantitative estimate of drug-likeness (QED) is 0.572. The average Bonchev–Trinajstić information content (AvgIpc) is 3.29. The Balaban J connectivity index is 1.50. The maximum Gasteiger partial charge on any atom is 0.241 e. The number of hydrogen-bond acceptors (Lipinski definition) is 6. The number of nitrogens with two attached hydrogens (primary N) is 1. The molecule has 8 nitrogen and oxygen atoms in total. The first-order valence-electron chi connectivity index (χ1n) is 8.49. The SMILES string of the molecule is Cc1ccc(-c2nnc(SCC(=O)NCC(=O)N3CCCC3)n2N)cc1. The van der Waals surface area contributed by atoms with Gasteiger partial charge in [0, 0.05) is 18.7 Å². The minimum Gasteiger partial charge on any atom is -0.346 e. The zero-order valence-corrected chi connectivity index (χ0v) is 15.5. The summed E-state index contributed by atoms with van der Waals surface area (Å²) < 4.78 is 1.37. The van der Waals surface area contributed by atoms with Gasteiger partial charge >= 0.3 is 0 Å². The maximum atomic E-state index is 12.0. The van der Waals surface area contributed by atoms with Crippen molar-refractivity contribution < 1.29 is 9.59 Å². The van der Waals surface area contributed by atoms with Crippen molar-refractivity contribution in [3.63, 3.8) is 0 Å². The molecule has 3 rings (SSSR count). The molecule has 0 atom stereocenters. The van der Waals surface area contributed by atoms with Crippen LogP contribution in [-0.4, -0.2) is 57.0 Å². The van der Waals surface area contributed by atoms with Gasteiger partial charge in [0.25, 0.3) is 0 Å². The van der Waals surface area contributed by atoms with Gasteiger partial charge in [-0.05, 0) is 19.8 Å². The van der Waals surface area contributed by atoms with Crippen molar-refractivity contribution >= 4 is 23.6 Å². The van der Waals surface area contributed by atoms with E-state index in [0.717, 1.165) is 37.1 Å². The largest absolute Gasteiger partial charge is 0.346 e. The summed E-state index contributed by atoms with van der Waals surface area (Å²) >= 11 is 1.19. The Hall–Kier alpha value is -2.55. The summed E-state index contributed by atoms with van der Waals surface area (Å²) in [6.07, 6.45) is 2.07. The van der Waals surface area contributed by atoms with Crippen molar-refractivity contribution in [1.29, 1.82) is 0 Å². The number of rotatable bonds is 6. The van der Waals surface area contributed by atoms with Gasteiger partial charge in [-0.25, -0.2) is 4.68 Å². The third-order valence-corrected chi connectivity index (χ3v) is 5.15. The number of nitrogen functional groups attached to an aromatic ring is 1. The molecule has 0 saturated carbocycles. The molecule has 1 fully saturated rings. The Morgan fingerprint density at radius 2 is 1.88 bits per heavy atom. The number of hydrogen-bond donors (Lipinski definition) is 2. The second kappa shape index (κ2) is 8.22. The van der Waals surface area contributed by atoms with Crippen molar-refractivity contribution in [2.24, 2.45) is 0 Å². The van der Waals surface area contributed by atoms with E-state index in [1.165, 1.54) is 16.4 Å². The number of carbonyl (C=O) groups excluding carboxylic acids is 2. The number of nitrogens with one attached hydrogen (secondary N) is 1. The van der Waals surface area contributed by atoms with Crippen LogP contribution in [0, 0.1) is 6.92 Å². The Labute approximate surface area is 156 Å². The lowest BCUT2D eigenvalue weighted by molar-refractivity contribution is -0.131. The first kappa shape index (κ1) is 18.2. The van der Waals surface area contributed by atoms with Gasteiger partial charge in [-0.1, -0.05) is 41.6 Å². The third-order valence-electron chi connectivity index (χ3n) is 4.20. The van der Waals surface area contributed by atoms with Crippen molar-refractivity contribution in [2.45, 2.75) is 24.9 Å². The molecule has 1 aliphatic rings. The van der Waals surface area contributed by atoms with Crippen LogP contribution in [0.25, 0.3) is 11.4 Å². The summed E-state index contributed by atoms with van der Waals surface area (Å²) in [7, 11) is 0. The van der Waals surface area contributed by atoms with Crippen LogP contribution in [0.3, 0.4) is 0 Å². The molecule has 0 radical (unpaired) electrons. The molecule has 0 spiro atoms. The Kier molecular flexibility index (Phi) is 5.77. The highest BCUT2D eigenvalue weighted by Crippen LogP contribution is 2.21. The number of aromatic nitrogens is 3. The van der Waals surface area contributed by atoms with Gasteiger partial charge in [-0.3, -0.25) is 9.59 Å². The molecule has 1 aromatic heterocycles. The number of nitrogens with zero attached hydrogens (tertiary/aromatic N) is 4. The van der Waals surface area contributed by atoms with Crippen LogP contribution in [-0.2, 0) is 9.59 Å². The summed E-state index contributed by atoms with van der Waals surface area (Å²) in [5.74, 6) is 6.43. The molecule has 9 heteroatoms. The molecule has 1 aromatic carbocycles. The molecular weight excluding hydrogens is 352 g/mol. The fourth-order valence-corrected chi connectivity index (χ4v) is 3.39. The molecule has 1 saturated heterocycles. The van der Waals surface area contributed by atoms with Crippen LogP contribution in [0.4, 0.5) is 0 Å². The molecule has 26 heavy (non-hydrogen) atoms. The fraction of sp³-hybridized carbons (Fsp3) is 0.412. The van der Waals surface area contributed by atoms with E-state index in [1.54, 1.807) is 4.90 Å². The van der Waals surface area contributed by atoms with Gasteiger partial charge in [0.05, 0.1) is 12.3 Å². The highest BCUT2D eigenvalue weighted by Gasteiger charge is 2.18. The van der Waals surface area contributed by atoms with E-state index in [-0.39, 0.29) is 24.1 Å². The van der Waals surface area contributed by atoms with E-state index in [2.05, 4.69) is 15.5 Å². The fourth-order valence-electron chi connectivity index (χ4n) is 2.71. The van der Waals surface area contributed by atoms with Crippen molar-refractivity contribution in [2.75, 3.05) is 31.2 Å². The lowest BCUT2D eigenvalue weighted by Crippen LogP contribution is -2.39. The lowest BCUT2D eigenvalue weighted by atomic mass is 10.1. The zero-order valence-electron chi connectivity index (χ0n) is 14.6. The molecule has 3 N–H and O–H groups in total. The maximum absolute atomic E-state index is 12.0. The minimum atomic E-state index is -0.234. The van der Waals surface area contributed by atoms with Gasteiger partial charge in [0.1, 0.15) is 0 Å². The van der Waals surface area contributed by atoms with E-state index >= 15 is 0 Å². The Morgan fingerprint density at radius 3 is 2.58 bits per heavy atom. The first-order chi connectivity index (χ1) is 12.5. The zero-order chi connectivity index (χ0) is 18.5. The molecule has 2 aromatic rings. The van der Waals surface area contributed by atoms with Crippen molar-refractivity contribution in [3.8, 4) is 11.4 Å². The molecule has 2 heterocycles. The highest BCUT2D eigenvalue weighted by molar-refractivity contribution is 7.99. The smallest absolute Gasteiger partial charge is 0.241 e. The number of aryl methyl sites for hydroxylation is 1. The summed E-state index contributed by atoms with van der Waals surface area (Å²) in [5.41, 5.74) is 2.00. The van der Waals surface area contributed by atoms with Gasteiger partial charge in [-0.15, -0.1) is 10.2 Å². The van der Waals surface area contributed by atoms with E-state index in [1.807, 2.05) is 31.2 Å². The molecule has 138 valence electrons. The second-order valence-electron chi connectivity index (χ2n) is 6.20. The Bertz CT molecular complexity index is 783. The van der Waals surface area contributed by atoms with E-state index in [4.69, 9.17) is 5.84 Å². The van der Waals surface area contributed by atoms with Crippen LogP contribution >= 0.6 is 11.8 Å². The monoisotopic (exact) mass is 374 g/mol. The van der Waals surface area contributed by atoms with E-state index in [9.17, 15) is 9.59 Å². The van der Waals surface area contributed by atoms with Crippen LogP contribution in [0.5, 0.6) is 0 Å². The summed E-state index contributed by atoms with van der Waals surface area (Å²) in [4.78, 5) is 25.7. The Morgan fingerprint density at radius 1 is 1.19 bits per heavy atom. The average molecular weight is 374 g/mol. The van der Waals surface area contributed by atoms with E-state index in [0.29, 0.717) is 11.0 Å². The minimum absolute atomic E-state index is 0.0311. The number of benzene rings is 1. The third kappa shape index (κ3) is 4.34. The first-order valence-corrected chi connectivity index (χ1v) is 9.48. The lowest BCUT2D eigenvalue weighted by Gasteiger charge is -2.15.